The molecule has 0 unspecified atom stereocenters. The molecule has 2 aromatic heterocycles. The number of amides is 1. The quantitative estimate of drug-likeness (QED) is 0.854. The Morgan fingerprint density at radius 1 is 1.32 bits per heavy atom. The second kappa shape index (κ2) is 8.27. The number of aryl methyl sites for hydroxylation is 2. The first-order chi connectivity index (χ1) is 13.5. The van der Waals surface area contributed by atoms with E-state index in [0.717, 1.165) is 51.0 Å². The van der Waals surface area contributed by atoms with Crippen LogP contribution < -0.4 is 5.32 Å². The molecule has 1 aliphatic heterocycles. The second-order valence-corrected chi connectivity index (χ2v) is 9.32. The Kier molecular flexibility index (Phi) is 5.75. The molecular weight excluding hydrogens is 372 g/mol. The number of ether oxygens (including phenoxy) is 1. The first kappa shape index (κ1) is 19.5. The molecule has 1 spiro atoms. The van der Waals surface area contributed by atoms with E-state index in [1.54, 1.807) is 12.4 Å². The maximum atomic E-state index is 12.7. The van der Waals surface area contributed by atoms with Crippen molar-refractivity contribution in [3.05, 3.63) is 45.7 Å². The van der Waals surface area contributed by atoms with Crippen LogP contribution in [-0.4, -0.2) is 52.1 Å². The number of thiophene rings is 1. The highest BCUT2D eigenvalue weighted by Crippen LogP contribution is 2.35. The number of hydrogen-bond donors (Lipinski definition) is 1. The zero-order valence-corrected chi connectivity index (χ0v) is 17.4. The molecule has 28 heavy (non-hydrogen) atoms. The van der Waals surface area contributed by atoms with Gasteiger partial charge in [-0.2, -0.15) is 0 Å². The minimum atomic E-state index is -0.309. The molecule has 2 aliphatic rings. The molecule has 4 rings (SSSR count). The fraction of sp³-hybridized carbons (Fsp3) is 0.571. The molecule has 2 fully saturated rings. The number of hydrogen-bond acceptors (Lipinski definition) is 6. The summed E-state index contributed by atoms with van der Waals surface area (Å²) in [6.07, 6.45) is 7.36. The van der Waals surface area contributed by atoms with Crippen LogP contribution in [0, 0.1) is 13.8 Å². The molecule has 7 heteroatoms. The maximum Gasteiger partial charge on any atom is 0.271 e. The van der Waals surface area contributed by atoms with Crippen LogP contribution in [0.5, 0.6) is 0 Å². The van der Waals surface area contributed by atoms with Gasteiger partial charge in [0.1, 0.15) is 11.3 Å². The number of rotatable bonds is 4. The molecule has 3 heterocycles. The van der Waals surface area contributed by atoms with Gasteiger partial charge in [-0.25, -0.2) is 4.98 Å². The van der Waals surface area contributed by atoms with Crippen LogP contribution in [0.15, 0.2) is 24.5 Å². The van der Waals surface area contributed by atoms with Crippen molar-refractivity contribution in [2.24, 2.45) is 0 Å². The van der Waals surface area contributed by atoms with Gasteiger partial charge in [-0.05, 0) is 38.8 Å². The number of carbonyl (C=O) groups excluding carboxylic acids is 1. The van der Waals surface area contributed by atoms with Crippen molar-refractivity contribution >= 4 is 17.2 Å². The molecule has 1 aliphatic carbocycles. The van der Waals surface area contributed by atoms with E-state index in [4.69, 9.17) is 4.74 Å². The van der Waals surface area contributed by atoms with Crippen molar-refractivity contribution in [1.29, 1.82) is 0 Å². The van der Waals surface area contributed by atoms with E-state index in [9.17, 15) is 4.79 Å². The molecule has 1 saturated heterocycles. The molecule has 1 amide bonds. The number of nitrogens with zero attached hydrogens (tertiary/aromatic N) is 3. The van der Waals surface area contributed by atoms with Crippen LogP contribution in [0.2, 0.25) is 0 Å². The van der Waals surface area contributed by atoms with Gasteiger partial charge >= 0.3 is 0 Å². The van der Waals surface area contributed by atoms with Crippen molar-refractivity contribution in [3.8, 4) is 0 Å². The molecule has 6 nitrogen and oxygen atoms in total. The maximum absolute atomic E-state index is 12.7. The average molecular weight is 401 g/mol. The Hall–Kier alpha value is -1.83. The van der Waals surface area contributed by atoms with Gasteiger partial charge in [0.05, 0.1) is 24.5 Å². The minimum Gasteiger partial charge on any atom is -0.370 e. The van der Waals surface area contributed by atoms with Gasteiger partial charge in [0.15, 0.2) is 0 Å². The highest BCUT2D eigenvalue weighted by Gasteiger charge is 2.46. The van der Waals surface area contributed by atoms with Crippen LogP contribution >= 0.6 is 11.3 Å². The van der Waals surface area contributed by atoms with E-state index < -0.39 is 0 Å². The summed E-state index contributed by atoms with van der Waals surface area (Å²) in [6.45, 7) is 7.46. The highest BCUT2D eigenvalue weighted by molar-refractivity contribution is 7.11. The lowest BCUT2D eigenvalue weighted by molar-refractivity contribution is -0.143. The summed E-state index contributed by atoms with van der Waals surface area (Å²) in [6, 6.07) is 4.41. The summed E-state index contributed by atoms with van der Waals surface area (Å²) in [5.41, 5.74) is 0.866. The van der Waals surface area contributed by atoms with Crippen LogP contribution in [0.25, 0.3) is 0 Å². The van der Waals surface area contributed by atoms with Gasteiger partial charge in [0.25, 0.3) is 5.91 Å². The molecule has 150 valence electrons. The van der Waals surface area contributed by atoms with Crippen LogP contribution in [0.1, 0.15) is 51.6 Å². The van der Waals surface area contributed by atoms with Crippen molar-refractivity contribution in [2.75, 3.05) is 19.7 Å². The highest BCUT2D eigenvalue weighted by atomic mass is 32.1. The summed E-state index contributed by atoms with van der Waals surface area (Å²) in [4.78, 5) is 26.4. The zero-order chi connectivity index (χ0) is 19.6. The Balaban J connectivity index is 1.47. The van der Waals surface area contributed by atoms with E-state index in [1.165, 1.54) is 9.75 Å². The minimum absolute atomic E-state index is 0.00437. The Morgan fingerprint density at radius 3 is 2.96 bits per heavy atom. The van der Waals surface area contributed by atoms with Crippen LogP contribution in [0.4, 0.5) is 0 Å². The lowest BCUT2D eigenvalue weighted by atomic mass is 9.78. The molecule has 1 saturated carbocycles. The summed E-state index contributed by atoms with van der Waals surface area (Å²) in [5.74, 6) is -0.159. The van der Waals surface area contributed by atoms with Crippen molar-refractivity contribution in [1.82, 2.24) is 20.2 Å². The third-order valence-corrected chi connectivity index (χ3v) is 6.75. The number of aromatic nitrogens is 2. The van der Waals surface area contributed by atoms with Crippen LogP contribution in [-0.2, 0) is 11.3 Å². The number of morpholine rings is 1. The third-order valence-electron chi connectivity index (χ3n) is 5.76. The fourth-order valence-corrected chi connectivity index (χ4v) is 5.26. The standard InChI is InChI=1S/C21H28N4O2S/c1-15-11-23-18(12-22-15)20(26)24-19-5-3-4-8-21(19)14-25(9-10-27-21)13-17-7-6-16(2)28-17/h6-7,11-12,19H,3-5,8-10,13-14H2,1-2H3,(H,24,26)/t19-,21-/m1/s1. The largest absolute Gasteiger partial charge is 0.370 e. The number of carbonyl (C=O) groups is 1. The molecule has 0 bridgehead atoms. The van der Waals surface area contributed by atoms with Gasteiger partial charge in [-0.1, -0.05) is 12.8 Å². The van der Waals surface area contributed by atoms with E-state index in [2.05, 4.69) is 39.2 Å². The smallest absolute Gasteiger partial charge is 0.271 e. The predicted octanol–water partition coefficient (Wildman–Crippen LogP) is 3.10. The van der Waals surface area contributed by atoms with Gasteiger partial charge in [0.2, 0.25) is 0 Å². The normalized spacial score (nSPS) is 25.7. The van der Waals surface area contributed by atoms with Gasteiger partial charge in [0, 0.05) is 35.6 Å². The Bertz CT molecular complexity index is 818. The van der Waals surface area contributed by atoms with Crippen molar-refractivity contribution in [3.63, 3.8) is 0 Å². The van der Waals surface area contributed by atoms with Crippen LogP contribution in [0.3, 0.4) is 0 Å². The average Bonchev–Trinajstić information content (AvgIpc) is 3.09. The first-order valence-corrected chi connectivity index (χ1v) is 10.9. The van der Waals surface area contributed by atoms with E-state index in [1.807, 2.05) is 18.3 Å². The van der Waals surface area contributed by atoms with E-state index in [-0.39, 0.29) is 17.6 Å². The lowest BCUT2D eigenvalue weighted by Crippen LogP contribution is -2.63. The zero-order valence-electron chi connectivity index (χ0n) is 16.6. The van der Waals surface area contributed by atoms with Gasteiger partial charge < -0.3 is 10.1 Å². The summed E-state index contributed by atoms with van der Waals surface area (Å²) >= 11 is 1.86. The molecule has 0 aromatic carbocycles. The first-order valence-electron chi connectivity index (χ1n) is 10.1. The van der Waals surface area contributed by atoms with Crippen molar-refractivity contribution < 1.29 is 9.53 Å². The molecule has 1 N–H and O–H groups in total. The second-order valence-electron chi connectivity index (χ2n) is 7.95. The Labute approximate surface area is 170 Å². The Morgan fingerprint density at radius 2 is 2.21 bits per heavy atom. The molecular formula is C21H28N4O2S. The molecule has 0 radical (unpaired) electrons. The van der Waals surface area contributed by atoms with E-state index in [0.29, 0.717) is 12.3 Å². The van der Waals surface area contributed by atoms with Gasteiger partial charge in [-0.3, -0.25) is 14.7 Å². The third kappa shape index (κ3) is 4.26. The van der Waals surface area contributed by atoms with E-state index >= 15 is 0 Å². The lowest BCUT2D eigenvalue weighted by Gasteiger charge is -2.49. The summed E-state index contributed by atoms with van der Waals surface area (Å²) < 4.78 is 6.36. The van der Waals surface area contributed by atoms with Gasteiger partial charge in [-0.15, -0.1) is 11.3 Å². The van der Waals surface area contributed by atoms with Crippen molar-refractivity contribution in [2.45, 2.75) is 57.7 Å². The molecule has 2 atom stereocenters. The predicted molar refractivity (Wildman–Crippen MR) is 110 cm³/mol. The number of nitrogens with one attached hydrogen (secondary N) is 1. The topological polar surface area (TPSA) is 67.4 Å². The fourth-order valence-electron chi connectivity index (χ4n) is 4.32. The molecule has 2 aromatic rings. The monoisotopic (exact) mass is 400 g/mol. The summed E-state index contributed by atoms with van der Waals surface area (Å²) in [5, 5.41) is 3.21. The summed E-state index contributed by atoms with van der Waals surface area (Å²) in [7, 11) is 0. The SMILES string of the molecule is Cc1cnc(C(=O)N[C@@H]2CCCC[C@@]23CN(Cc2ccc(C)s2)CCO3)cn1.